The smallest absolute Gasteiger partial charge is 0.333 e. The second kappa shape index (κ2) is 5.95. The fraction of sp³-hybridized carbons (Fsp3) is 0.300. The number of nitrogens with one attached hydrogen (secondary N) is 1. The monoisotopic (exact) mass is 293 g/mol. The Morgan fingerprint density at radius 1 is 1.53 bits per heavy atom. The van der Waals surface area contributed by atoms with E-state index in [-0.39, 0.29) is 5.75 Å². The molecule has 0 aliphatic heterocycles. The van der Waals surface area contributed by atoms with Gasteiger partial charge in [0.15, 0.2) is 17.7 Å². The van der Waals surface area contributed by atoms with E-state index < -0.39 is 39.4 Å². The molecule has 0 saturated carbocycles. The first-order valence-electron chi connectivity index (χ1n) is 5.02. The molecule has 19 heavy (non-hydrogen) atoms. The minimum atomic E-state index is -4.11. The first-order chi connectivity index (χ1) is 8.77. The van der Waals surface area contributed by atoms with Crippen LogP contribution in [0.4, 0.5) is 4.39 Å². The highest BCUT2D eigenvalue weighted by Crippen LogP contribution is 2.20. The maximum Gasteiger partial charge on any atom is 0.333 e. The van der Waals surface area contributed by atoms with E-state index in [1.54, 1.807) is 0 Å². The van der Waals surface area contributed by atoms with E-state index >= 15 is 0 Å². The first-order valence-corrected chi connectivity index (χ1v) is 6.50. The van der Waals surface area contributed by atoms with E-state index in [9.17, 15) is 17.6 Å². The summed E-state index contributed by atoms with van der Waals surface area (Å²) in [5, 5.41) is 17.4. The molecule has 1 aromatic rings. The highest BCUT2D eigenvalue weighted by Gasteiger charge is 2.20. The van der Waals surface area contributed by atoms with Crippen LogP contribution in [0.2, 0.25) is 0 Å². The van der Waals surface area contributed by atoms with Crippen LogP contribution in [0.15, 0.2) is 23.1 Å². The molecule has 0 amide bonds. The van der Waals surface area contributed by atoms with Crippen molar-refractivity contribution in [1.29, 1.82) is 0 Å². The van der Waals surface area contributed by atoms with Gasteiger partial charge >= 0.3 is 5.97 Å². The van der Waals surface area contributed by atoms with Crippen LogP contribution < -0.4 is 9.46 Å². The van der Waals surface area contributed by atoms with Gasteiger partial charge in [-0.25, -0.2) is 22.3 Å². The molecule has 9 heteroatoms. The van der Waals surface area contributed by atoms with Gasteiger partial charge in [0.25, 0.3) is 0 Å². The fourth-order valence-corrected chi connectivity index (χ4v) is 2.22. The van der Waals surface area contributed by atoms with E-state index in [4.69, 9.17) is 10.2 Å². The number of hydrogen-bond donors (Lipinski definition) is 3. The van der Waals surface area contributed by atoms with E-state index in [0.29, 0.717) is 0 Å². The Balaban J connectivity index is 2.89. The number of aliphatic hydroxyl groups is 1. The number of ether oxygens (including phenoxy) is 1. The lowest BCUT2D eigenvalue weighted by Gasteiger charge is -2.09. The number of aliphatic hydroxyl groups excluding tert-OH is 1. The van der Waals surface area contributed by atoms with Crippen molar-refractivity contribution in [2.45, 2.75) is 11.0 Å². The van der Waals surface area contributed by atoms with Crippen LogP contribution in [-0.4, -0.2) is 44.4 Å². The van der Waals surface area contributed by atoms with Gasteiger partial charge in [-0.05, 0) is 18.2 Å². The maximum absolute atomic E-state index is 13.3. The molecular formula is C10H12FNO6S. The van der Waals surface area contributed by atoms with Gasteiger partial charge in [0.1, 0.15) is 0 Å². The number of aliphatic carboxylic acids is 1. The summed E-state index contributed by atoms with van der Waals surface area (Å²) in [6.45, 7) is -0.717. The summed E-state index contributed by atoms with van der Waals surface area (Å²) in [5.41, 5.74) is 0. The molecule has 0 aliphatic carbocycles. The summed E-state index contributed by atoms with van der Waals surface area (Å²) in [5.74, 6) is -2.56. The minimum Gasteiger partial charge on any atom is -0.494 e. The molecule has 0 saturated heterocycles. The molecule has 3 N–H and O–H groups in total. The molecular weight excluding hydrogens is 281 g/mol. The number of rotatable bonds is 6. The summed E-state index contributed by atoms with van der Waals surface area (Å²) < 4.78 is 43.2. The van der Waals surface area contributed by atoms with Crippen LogP contribution in [0.3, 0.4) is 0 Å². The van der Waals surface area contributed by atoms with E-state index in [1.807, 2.05) is 4.72 Å². The quantitative estimate of drug-likeness (QED) is 0.655. The number of methoxy groups -OCH3 is 1. The Hall–Kier alpha value is -1.71. The molecule has 7 nitrogen and oxygen atoms in total. The van der Waals surface area contributed by atoms with Gasteiger partial charge in [0.2, 0.25) is 10.0 Å². The van der Waals surface area contributed by atoms with Crippen molar-refractivity contribution < 1.29 is 32.6 Å². The third kappa shape index (κ3) is 3.88. The lowest BCUT2D eigenvalue weighted by molar-refractivity contribution is -0.146. The van der Waals surface area contributed by atoms with Crippen LogP contribution in [0, 0.1) is 5.82 Å². The van der Waals surface area contributed by atoms with Gasteiger partial charge in [-0.1, -0.05) is 0 Å². The summed E-state index contributed by atoms with van der Waals surface area (Å²) >= 11 is 0. The lowest BCUT2D eigenvalue weighted by Crippen LogP contribution is -2.36. The van der Waals surface area contributed by atoms with Crippen molar-refractivity contribution in [3.05, 3.63) is 24.0 Å². The first kappa shape index (κ1) is 15.3. The Morgan fingerprint density at radius 3 is 2.63 bits per heavy atom. The second-order valence-corrected chi connectivity index (χ2v) is 5.27. The van der Waals surface area contributed by atoms with Crippen molar-refractivity contribution in [2.75, 3.05) is 13.7 Å². The summed E-state index contributed by atoms with van der Waals surface area (Å²) in [6.07, 6.45) is -1.88. The van der Waals surface area contributed by atoms with Crippen molar-refractivity contribution >= 4 is 16.0 Å². The molecule has 1 aromatic carbocycles. The molecule has 1 atom stereocenters. The molecule has 0 aliphatic rings. The highest BCUT2D eigenvalue weighted by atomic mass is 32.2. The zero-order chi connectivity index (χ0) is 14.6. The number of sulfonamides is 1. The summed E-state index contributed by atoms with van der Waals surface area (Å²) in [6, 6.07) is 2.95. The third-order valence-electron chi connectivity index (χ3n) is 2.19. The standard InChI is InChI=1S/C10H12FNO6S/c1-18-9-3-2-6(4-7(9)11)19(16,17)12-5-8(13)10(14)15/h2-4,8,12-13H,5H2,1H3,(H,14,15). The molecule has 0 radical (unpaired) electrons. The Labute approximate surface area is 108 Å². The fourth-order valence-electron chi connectivity index (χ4n) is 1.17. The number of hydrogen-bond acceptors (Lipinski definition) is 5. The van der Waals surface area contributed by atoms with E-state index in [1.165, 1.54) is 7.11 Å². The Morgan fingerprint density at radius 2 is 2.16 bits per heavy atom. The largest absolute Gasteiger partial charge is 0.494 e. The van der Waals surface area contributed by atoms with Crippen LogP contribution in [0.5, 0.6) is 5.75 Å². The molecule has 1 rings (SSSR count). The van der Waals surface area contributed by atoms with Crippen LogP contribution in [0.1, 0.15) is 0 Å². The predicted molar refractivity (Wildman–Crippen MR) is 61.8 cm³/mol. The van der Waals surface area contributed by atoms with Gasteiger partial charge in [0, 0.05) is 6.54 Å². The topological polar surface area (TPSA) is 113 Å². The minimum absolute atomic E-state index is 0.121. The number of carboxylic acids is 1. The normalized spacial score (nSPS) is 13.0. The Kier molecular flexibility index (Phi) is 4.81. The maximum atomic E-state index is 13.3. The molecule has 1 unspecified atom stereocenters. The van der Waals surface area contributed by atoms with Gasteiger partial charge < -0.3 is 14.9 Å². The number of benzene rings is 1. The van der Waals surface area contributed by atoms with Crippen LogP contribution in [-0.2, 0) is 14.8 Å². The van der Waals surface area contributed by atoms with Crippen molar-refractivity contribution in [2.24, 2.45) is 0 Å². The van der Waals surface area contributed by atoms with Gasteiger partial charge in [-0.3, -0.25) is 0 Å². The zero-order valence-electron chi connectivity index (χ0n) is 9.83. The lowest BCUT2D eigenvalue weighted by atomic mass is 10.3. The third-order valence-corrected chi connectivity index (χ3v) is 3.61. The van der Waals surface area contributed by atoms with Gasteiger partial charge in [-0.15, -0.1) is 0 Å². The van der Waals surface area contributed by atoms with Crippen LogP contribution in [0.25, 0.3) is 0 Å². The summed E-state index contributed by atoms with van der Waals surface area (Å²) in [7, 11) is -2.88. The van der Waals surface area contributed by atoms with Crippen molar-refractivity contribution in [3.8, 4) is 5.75 Å². The molecule has 0 aromatic heterocycles. The van der Waals surface area contributed by atoms with Crippen molar-refractivity contribution in [3.63, 3.8) is 0 Å². The molecule has 0 bridgehead atoms. The predicted octanol–water partition coefficient (Wildman–Crippen LogP) is -0.442. The summed E-state index contributed by atoms with van der Waals surface area (Å²) in [4.78, 5) is 9.93. The average Bonchev–Trinajstić information content (AvgIpc) is 2.35. The average molecular weight is 293 g/mol. The Bertz CT molecular complexity index is 573. The van der Waals surface area contributed by atoms with Crippen molar-refractivity contribution in [1.82, 2.24) is 4.72 Å². The molecule has 106 valence electrons. The number of halogens is 1. The molecule has 0 fully saturated rings. The molecule has 0 heterocycles. The molecule has 0 spiro atoms. The zero-order valence-corrected chi connectivity index (χ0v) is 10.6. The number of carbonyl (C=O) groups is 1. The SMILES string of the molecule is COc1ccc(S(=O)(=O)NCC(O)C(=O)O)cc1F. The van der Waals surface area contributed by atoms with E-state index in [0.717, 1.165) is 18.2 Å². The van der Waals surface area contributed by atoms with Gasteiger partial charge in [0.05, 0.1) is 12.0 Å². The second-order valence-electron chi connectivity index (χ2n) is 3.50. The number of carboxylic acid groups (broad SMARTS) is 1. The van der Waals surface area contributed by atoms with Crippen LogP contribution >= 0.6 is 0 Å². The van der Waals surface area contributed by atoms with Gasteiger partial charge in [-0.2, -0.15) is 0 Å². The van der Waals surface area contributed by atoms with E-state index in [2.05, 4.69) is 4.74 Å². The highest BCUT2D eigenvalue weighted by molar-refractivity contribution is 7.89.